The molecule has 3 rings (SSSR count). The second kappa shape index (κ2) is 7.59. The number of piperidine rings is 1. The van der Waals surface area contributed by atoms with Gasteiger partial charge in [0.1, 0.15) is 5.82 Å². The Kier molecular flexibility index (Phi) is 5.46. The van der Waals surface area contributed by atoms with Crippen LogP contribution < -0.4 is 0 Å². The van der Waals surface area contributed by atoms with Gasteiger partial charge in [-0.2, -0.15) is 0 Å². The fourth-order valence-electron chi connectivity index (χ4n) is 3.29. The molecular formula is C18H24FN3O3. The zero-order valence-electron chi connectivity index (χ0n) is 14.6. The molecule has 1 N–H and O–H groups in total. The minimum Gasteiger partial charge on any atom is -0.419 e. The smallest absolute Gasteiger partial charge is 0.247 e. The molecule has 1 aromatic heterocycles. The minimum absolute atomic E-state index is 0.127. The average Bonchev–Trinajstić information content (AvgIpc) is 3.05. The average molecular weight is 349 g/mol. The normalized spacial score (nSPS) is 24.6. The molecule has 0 unspecified atom stereocenters. The Hall–Kier alpha value is -1.83. The molecule has 25 heavy (non-hydrogen) atoms. The summed E-state index contributed by atoms with van der Waals surface area (Å²) >= 11 is 0. The van der Waals surface area contributed by atoms with E-state index in [1.807, 2.05) is 6.92 Å². The Balaban J connectivity index is 1.61. The van der Waals surface area contributed by atoms with Gasteiger partial charge in [-0.15, -0.1) is 10.2 Å². The second-order valence-corrected chi connectivity index (χ2v) is 6.74. The lowest BCUT2D eigenvalue weighted by Gasteiger charge is -2.42. The first-order chi connectivity index (χ1) is 12.0. The van der Waals surface area contributed by atoms with Gasteiger partial charge in [0.2, 0.25) is 11.8 Å². The van der Waals surface area contributed by atoms with Crippen molar-refractivity contribution in [3.8, 4) is 11.5 Å². The first-order valence-electron chi connectivity index (χ1n) is 8.52. The molecule has 0 saturated carbocycles. The quantitative estimate of drug-likeness (QED) is 0.864. The summed E-state index contributed by atoms with van der Waals surface area (Å²) in [7, 11) is 1.65. The molecule has 2 atom stereocenters. The summed E-state index contributed by atoms with van der Waals surface area (Å²) in [6, 6.07) is 6.10. The number of halogens is 1. The highest BCUT2D eigenvalue weighted by Gasteiger charge is 2.38. The Morgan fingerprint density at radius 1 is 1.44 bits per heavy atom. The molecule has 0 spiro atoms. The van der Waals surface area contributed by atoms with E-state index in [2.05, 4.69) is 15.1 Å². The molecule has 136 valence electrons. The fraction of sp³-hybridized carbons (Fsp3) is 0.556. The van der Waals surface area contributed by atoms with Crippen LogP contribution >= 0.6 is 0 Å². The van der Waals surface area contributed by atoms with Crippen LogP contribution in [0.3, 0.4) is 0 Å². The zero-order valence-corrected chi connectivity index (χ0v) is 14.6. The van der Waals surface area contributed by atoms with Crippen molar-refractivity contribution in [1.82, 2.24) is 15.1 Å². The van der Waals surface area contributed by atoms with Crippen LogP contribution in [0.1, 0.15) is 25.7 Å². The summed E-state index contributed by atoms with van der Waals surface area (Å²) in [4.78, 5) is 2.19. The molecule has 1 fully saturated rings. The van der Waals surface area contributed by atoms with E-state index >= 15 is 0 Å². The van der Waals surface area contributed by atoms with E-state index in [-0.39, 0.29) is 11.7 Å². The highest BCUT2D eigenvalue weighted by molar-refractivity contribution is 5.52. The number of rotatable bonds is 6. The number of benzene rings is 1. The predicted molar refractivity (Wildman–Crippen MR) is 90.2 cm³/mol. The van der Waals surface area contributed by atoms with Crippen LogP contribution in [0.5, 0.6) is 0 Å². The first kappa shape index (κ1) is 18.0. The molecule has 7 heteroatoms. The summed E-state index contributed by atoms with van der Waals surface area (Å²) in [5.74, 6) is 0.601. The molecule has 1 aliphatic rings. The van der Waals surface area contributed by atoms with Gasteiger partial charge in [-0.25, -0.2) is 4.39 Å². The van der Waals surface area contributed by atoms with Crippen LogP contribution in [0.25, 0.3) is 11.5 Å². The van der Waals surface area contributed by atoms with Crippen molar-refractivity contribution in [2.75, 3.05) is 26.8 Å². The van der Waals surface area contributed by atoms with Gasteiger partial charge >= 0.3 is 0 Å². The van der Waals surface area contributed by atoms with Crippen LogP contribution in [0.4, 0.5) is 4.39 Å². The molecule has 0 bridgehead atoms. The lowest BCUT2D eigenvalue weighted by molar-refractivity contribution is -0.0837. The molecule has 2 aromatic rings. The van der Waals surface area contributed by atoms with E-state index in [0.29, 0.717) is 43.3 Å². The summed E-state index contributed by atoms with van der Waals surface area (Å²) in [5.41, 5.74) is -0.117. The maximum absolute atomic E-state index is 13.3. The van der Waals surface area contributed by atoms with E-state index < -0.39 is 5.60 Å². The highest BCUT2D eigenvalue weighted by Crippen LogP contribution is 2.31. The van der Waals surface area contributed by atoms with Gasteiger partial charge in [-0.05, 0) is 37.0 Å². The van der Waals surface area contributed by atoms with Gasteiger partial charge in [0.05, 0.1) is 12.1 Å². The van der Waals surface area contributed by atoms with E-state index in [0.717, 1.165) is 13.1 Å². The van der Waals surface area contributed by atoms with E-state index in [9.17, 15) is 9.50 Å². The first-order valence-corrected chi connectivity index (χ1v) is 8.52. The summed E-state index contributed by atoms with van der Waals surface area (Å²) < 4.78 is 24.1. The molecule has 1 aliphatic heterocycles. The Bertz CT molecular complexity index is 708. The molecule has 0 radical (unpaired) electrons. The summed E-state index contributed by atoms with van der Waals surface area (Å²) in [6.07, 6.45) is 1.32. The van der Waals surface area contributed by atoms with Crippen molar-refractivity contribution >= 4 is 0 Å². The SMILES string of the molecule is COCC[C@]1(O)CCN(Cc2nnc(-c3cccc(F)c3)o2)C[C@H]1C. The third-order valence-corrected chi connectivity index (χ3v) is 4.95. The van der Waals surface area contributed by atoms with E-state index in [4.69, 9.17) is 9.15 Å². The third kappa shape index (κ3) is 4.23. The molecule has 2 heterocycles. The Morgan fingerprint density at radius 2 is 2.28 bits per heavy atom. The number of hydrogen-bond acceptors (Lipinski definition) is 6. The van der Waals surface area contributed by atoms with Gasteiger partial charge in [0.25, 0.3) is 0 Å². The maximum Gasteiger partial charge on any atom is 0.247 e. The Labute approximate surface area is 146 Å². The number of ether oxygens (including phenoxy) is 1. The van der Waals surface area contributed by atoms with Crippen LogP contribution in [-0.2, 0) is 11.3 Å². The fourth-order valence-corrected chi connectivity index (χ4v) is 3.29. The third-order valence-electron chi connectivity index (χ3n) is 4.95. The molecule has 6 nitrogen and oxygen atoms in total. The molecule has 1 saturated heterocycles. The number of hydrogen-bond donors (Lipinski definition) is 1. The molecule has 0 aliphatic carbocycles. The number of likely N-dealkylation sites (tertiary alicyclic amines) is 1. The topological polar surface area (TPSA) is 71.6 Å². The largest absolute Gasteiger partial charge is 0.419 e. The monoisotopic (exact) mass is 349 g/mol. The van der Waals surface area contributed by atoms with Crippen molar-refractivity contribution < 1.29 is 18.7 Å². The second-order valence-electron chi connectivity index (χ2n) is 6.74. The van der Waals surface area contributed by atoms with Crippen molar-refractivity contribution in [2.45, 2.75) is 31.9 Å². The van der Waals surface area contributed by atoms with Gasteiger partial charge < -0.3 is 14.3 Å². The van der Waals surface area contributed by atoms with Crippen molar-refractivity contribution in [3.63, 3.8) is 0 Å². The van der Waals surface area contributed by atoms with Crippen LogP contribution in [0.2, 0.25) is 0 Å². The summed E-state index contributed by atoms with van der Waals surface area (Å²) in [5, 5.41) is 18.8. The zero-order chi connectivity index (χ0) is 17.9. The van der Waals surface area contributed by atoms with E-state index in [1.165, 1.54) is 12.1 Å². The predicted octanol–water partition coefficient (Wildman–Crippen LogP) is 2.49. The van der Waals surface area contributed by atoms with Gasteiger partial charge in [-0.3, -0.25) is 4.90 Å². The lowest BCUT2D eigenvalue weighted by Crippen LogP contribution is -2.51. The molecular weight excluding hydrogens is 325 g/mol. The highest BCUT2D eigenvalue weighted by atomic mass is 19.1. The van der Waals surface area contributed by atoms with Crippen molar-refractivity contribution in [3.05, 3.63) is 36.0 Å². The minimum atomic E-state index is -0.686. The number of methoxy groups -OCH3 is 1. The Morgan fingerprint density at radius 3 is 3.00 bits per heavy atom. The van der Waals surface area contributed by atoms with E-state index in [1.54, 1.807) is 19.2 Å². The number of nitrogens with zero attached hydrogens (tertiary/aromatic N) is 3. The van der Waals surface area contributed by atoms with Crippen LogP contribution in [-0.4, -0.2) is 52.6 Å². The van der Waals surface area contributed by atoms with Crippen molar-refractivity contribution in [1.29, 1.82) is 0 Å². The summed E-state index contributed by atoms with van der Waals surface area (Å²) in [6.45, 7) is 4.63. The van der Waals surface area contributed by atoms with Gasteiger partial charge in [-0.1, -0.05) is 13.0 Å². The number of aliphatic hydroxyl groups is 1. The van der Waals surface area contributed by atoms with Crippen LogP contribution in [0.15, 0.2) is 28.7 Å². The standard InChI is InChI=1S/C18H24FN3O3/c1-13-11-22(8-6-18(13,23)7-9-24-2)12-16-20-21-17(25-16)14-4-3-5-15(19)10-14/h3-5,10,13,23H,6-9,11-12H2,1-2H3/t13-,18-/m1/s1. The number of aromatic nitrogens is 2. The molecule has 0 amide bonds. The lowest BCUT2D eigenvalue weighted by atomic mass is 9.80. The molecule has 1 aromatic carbocycles. The van der Waals surface area contributed by atoms with Crippen molar-refractivity contribution in [2.24, 2.45) is 5.92 Å². The maximum atomic E-state index is 13.3. The van der Waals surface area contributed by atoms with Gasteiger partial charge in [0.15, 0.2) is 0 Å². The van der Waals surface area contributed by atoms with Crippen LogP contribution in [0, 0.1) is 11.7 Å². The van der Waals surface area contributed by atoms with Gasteiger partial charge in [0, 0.05) is 32.4 Å².